The molecule has 0 aliphatic heterocycles. The lowest BCUT2D eigenvalue weighted by Crippen LogP contribution is -2.32. The summed E-state index contributed by atoms with van der Waals surface area (Å²) < 4.78 is 26.1. The molecule has 0 amide bonds. The first-order valence-electron chi connectivity index (χ1n) is 5.74. The van der Waals surface area contributed by atoms with Crippen LogP contribution in [0.25, 0.3) is 0 Å². The number of nitrogens with zero attached hydrogens (tertiary/aromatic N) is 2. The second-order valence-electron chi connectivity index (χ2n) is 3.82. The lowest BCUT2D eigenvalue weighted by Gasteiger charge is -2.20. The molecule has 0 aliphatic rings. The van der Waals surface area contributed by atoms with E-state index < -0.39 is 10.0 Å². The van der Waals surface area contributed by atoms with Crippen molar-refractivity contribution in [1.82, 2.24) is 9.29 Å². The third kappa shape index (κ3) is 3.41. The van der Waals surface area contributed by atoms with E-state index in [1.807, 2.05) is 13.8 Å². The topological polar surface area (TPSA) is 76.3 Å². The number of sulfonamides is 1. The highest BCUT2D eigenvalue weighted by molar-refractivity contribution is 7.89. The molecule has 0 aliphatic carbocycles. The SMILES string of the molecule is CCCN(CCC)S(=O)(=O)c1ccnc(N)c1. The van der Waals surface area contributed by atoms with Gasteiger partial charge in [0.15, 0.2) is 0 Å². The van der Waals surface area contributed by atoms with Crippen LogP contribution in [0.15, 0.2) is 23.2 Å². The third-order valence-electron chi connectivity index (χ3n) is 2.34. The molecule has 1 rings (SSSR count). The monoisotopic (exact) mass is 257 g/mol. The van der Waals surface area contributed by atoms with Crippen molar-refractivity contribution in [3.05, 3.63) is 18.3 Å². The van der Waals surface area contributed by atoms with E-state index in [-0.39, 0.29) is 10.7 Å². The van der Waals surface area contributed by atoms with Crippen LogP contribution in [0, 0.1) is 0 Å². The van der Waals surface area contributed by atoms with E-state index in [1.54, 1.807) is 0 Å². The molecule has 0 spiro atoms. The fourth-order valence-corrected chi connectivity index (χ4v) is 3.23. The van der Waals surface area contributed by atoms with Gasteiger partial charge in [0, 0.05) is 25.4 Å². The first-order chi connectivity index (χ1) is 8.02. The van der Waals surface area contributed by atoms with Gasteiger partial charge in [-0.05, 0) is 18.9 Å². The third-order valence-corrected chi connectivity index (χ3v) is 4.23. The lowest BCUT2D eigenvalue weighted by atomic mass is 10.4. The Kier molecular flexibility index (Phi) is 4.89. The number of nitrogen functional groups attached to an aromatic ring is 1. The average molecular weight is 257 g/mol. The van der Waals surface area contributed by atoms with Crippen molar-refractivity contribution in [3.63, 3.8) is 0 Å². The second kappa shape index (κ2) is 5.97. The summed E-state index contributed by atoms with van der Waals surface area (Å²) in [6.07, 6.45) is 3.00. The zero-order valence-electron chi connectivity index (χ0n) is 10.3. The molecular weight excluding hydrogens is 238 g/mol. The number of hydrogen-bond acceptors (Lipinski definition) is 4. The van der Waals surface area contributed by atoms with Gasteiger partial charge >= 0.3 is 0 Å². The molecule has 0 unspecified atom stereocenters. The van der Waals surface area contributed by atoms with Gasteiger partial charge in [-0.1, -0.05) is 13.8 Å². The summed E-state index contributed by atoms with van der Waals surface area (Å²) >= 11 is 0. The molecule has 0 bridgehead atoms. The maximum absolute atomic E-state index is 12.3. The fourth-order valence-electron chi connectivity index (χ4n) is 1.59. The Labute approximate surface area is 103 Å². The summed E-state index contributed by atoms with van der Waals surface area (Å²) in [6.45, 7) is 4.97. The van der Waals surface area contributed by atoms with Crippen molar-refractivity contribution in [2.24, 2.45) is 0 Å². The molecule has 0 saturated heterocycles. The van der Waals surface area contributed by atoms with Gasteiger partial charge in [-0.3, -0.25) is 0 Å². The van der Waals surface area contributed by atoms with Gasteiger partial charge in [0.1, 0.15) is 5.82 Å². The predicted molar refractivity (Wildman–Crippen MR) is 68.0 cm³/mol. The van der Waals surface area contributed by atoms with Crippen LogP contribution in [0.2, 0.25) is 0 Å². The summed E-state index contributed by atoms with van der Waals surface area (Å²) in [7, 11) is -3.43. The standard InChI is InChI=1S/C11H19N3O2S/c1-3-7-14(8-4-2)17(15,16)10-5-6-13-11(12)9-10/h5-6,9H,3-4,7-8H2,1-2H3,(H2,12,13). The van der Waals surface area contributed by atoms with Crippen LogP contribution in [-0.4, -0.2) is 30.8 Å². The molecule has 2 N–H and O–H groups in total. The molecule has 1 aromatic heterocycles. The van der Waals surface area contributed by atoms with Gasteiger partial charge < -0.3 is 5.73 Å². The highest BCUT2D eigenvalue weighted by atomic mass is 32.2. The number of pyridine rings is 1. The number of rotatable bonds is 6. The predicted octanol–water partition coefficient (Wildman–Crippen LogP) is 1.47. The number of nitrogens with two attached hydrogens (primary N) is 1. The van der Waals surface area contributed by atoms with Gasteiger partial charge in [-0.2, -0.15) is 4.31 Å². The van der Waals surface area contributed by atoms with Crippen LogP contribution in [0.1, 0.15) is 26.7 Å². The van der Waals surface area contributed by atoms with Crippen LogP contribution in [-0.2, 0) is 10.0 Å². The smallest absolute Gasteiger partial charge is 0.243 e. The van der Waals surface area contributed by atoms with Crippen molar-refractivity contribution >= 4 is 15.8 Å². The Morgan fingerprint density at radius 2 is 1.88 bits per heavy atom. The molecule has 0 fully saturated rings. The Balaban J connectivity index is 3.07. The summed E-state index contributed by atoms with van der Waals surface area (Å²) in [4.78, 5) is 4.01. The normalized spacial score (nSPS) is 11.9. The van der Waals surface area contributed by atoms with E-state index >= 15 is 0 Å². The average Bonchev–Trinajstić information content (AvgIpc) is 2.29. The van der Waals surface area contributed by atoms with Crippen molar-refractivity contribution in [2.75, 3.05) is 18.8 Å². The minimum atomic E-state index is -3.43. The molecule has 96 valence electrons. The Bertz CT molecular complexity index is 454. The summed E-state index contributed by atoms with van der Waals surface area (Å²) in [5.41, 5.74) is 5.51. The van der Waals surface area contributed by atoms with E-state index in [9.17, 15) is 8.42 Å². The van der Waals surface area contributed by atoms with Crippen molar-refractivity contribution in [3.8, 4) is 0 Å². The zero-order valence-corrected chi connectivity index (χ0v) is 11.1. The summed E-state index contributed by atoms with van der Waals surface area (Å²) in [5, 5.41) is 0. The Hall–Kier alpha value is -1.14. The molecule has 6 heteroatoms. The highest BCUT2D eigenvalue weighted by Gasteiger charge is 2.23. The first-order valence-corrected chi connectivity index (χ1v) is 7.18. The fraction of sp³-hybridized carbons (Fsp3) is 0.545. The number of aromatic nitrogens is 1. The Morgan fingerprint density at radius 1 is 1.29 bits per heavy atom. The Morgan fingerprint density at radius 3 is 2.35 bits per heavy atom. The maximum atomic E-state index is 12.3. The van der Waals surface area contributed by atoms with E-state index in [0.717, 1.165) is 12.8 Å². The van der Waals surface area contributed by atoms with Crippen LogP contribution in [0.4, 0.5) is 5.82 Å². The molecule has 0 radical (unpaired) electrons. The highest BCUT2D eigenvalue weighted by Crippen LogP contribution is 2.17. The lowest BCUT2D eigenvalue weighted by molar-refractivity contribution is 0.410. The van der Waals surface area contributed by atoms with Gasteiger partial charge in [0.25, 0.3) is 0 Å². The van der Waals surface area contributed by atoms with E-state index in [1.165, 1.54) is 22.6 Å². The zero-order chi connectivity index (χ0) is 12.9. The van der Waals surface area contributed by atoms with E-state index in [2.05, 4.69) is 4.98 Å². The molecule has 0 saturated carbocycles. The molecule has 1 heterocycles. The first kappa shape index (κ1) is 13.9. The molecule has 1 aromatic rings. The largest absolute Gasteiger partial charge is 0.384 e. The second-order valence-corrected chi connectivity index (χ2v) is 5.76. The minimum Gasteiger partial charge on any atom is -0.384 e. The summed E-state index contributed by atoms with van der Waals surface area (Å²) in [5.74, 6) is 0.221. The van der Waals surface area contributed by atoms with Crippen LogP contribution >= 0.6 is 0 Å². The molecule has 17 heavy (non-hydrogen) atoms. The molecule has 5 nitrogen and oxygen atoms in total. The van der Waals surface area contributed by atoms with Crippen molar-refractivity contribution < 1.29 is 8.42 Å². The van der Waals surface area contributed by atoms with Gasteiger partial charge in [-0.25, -0.2) is 13.4 Å². The van der Waals surface area contributed by atoms with E-state index in [4.69, 9.17) is 5.73 Å². The minimum absolute atomic E-state index is 0.215. The van der Waals surface area contributed by atoms with Crippen LogP contribution < -0.4 is 5.73 Å². The molecule has 0 aromatic carbocycles. The van der Waals surface area contributed by atoms with Gasteiger partial charge in [0.05, 0.1) is 4.90 Å². The van der Waals surface area contributed by atoms with Crippen LogP contribution in [0.3, 0.4) is 0 Å². The molecular formula is C11H19N3O2S. The van der Waals surface area contributed by atoms with Gasteiger partial charge in [0.2, 0.25) is 10.0 Å². The van der Waals surface area contributed by atoms with Gasteiger partial charge in [-0.15, -0.1) is 0 Å². The maximum Gasteiger partial charge on any atom is 0.243 e. The summed E-state index contributed by atoms with van der Waals surface area (Å²) in [6, 6.07) is 2.87. The van der Waals surface area contributed by atoms with E-state index in [0.29, 0.717) is 13.1 Å². The number of anilines is 1. The quantitative estimate of drug-likeness (QED) is 0.837. The number of hydrogen-bond donors (Lipinski definition) is 1. The van der Waals surface area contributed by atoms with Crippen LogP contribution in [0.5, 0.6) is 0 Å². The molecule has 0 atom stereocenters. The van der Waals surface area contributed by atoms with Crippen molar-refractivity contribution in [1.29, 1.82) is 0 Å². The van der Waals surface area contributed by atoms with Crippen molar-refractivity contribution in [2.45, 2.75) is 31.6 Å².